The molecule has 1 fully saturated rings. The summed E-state index contributed by atoms with van der Waals surface area (Å²) in [5.41, 5.74) is 0. The molecule has 3 heteroatoms. The van der Waals surface area contributed by atoms with Crippen molar-refractivity contribution in [2.24, 2.45) is 5.92 Å². The second-order valence-corrected chi connectivity index (χ2v) is 2.61. The van der Waals surface area contributed by atoms with Gasteiger partial charge in [0.2, 0.25) is 0 Å². The van der Waals surface area contributed by atoms with Crippen LogP contribution in [0.25, 0.3) is 0 Å². The van der Waals surface area contributed by atoms with Crippen molar-refractivity contribution in [1.29, 1.82) is 0 Å². The van der Waals surface area contributed by atoms with Gasteiger partial charge in [0.05, 0.1) is 19.3 Å². The molecule has 1 saturated heterocycles. The first-order chi connectivity index (χ1) is 5.29. The third-order valence-electron chi connectivity index (χ3n) is 1.85. The molecule has 0 spiro atoms. The summed E-state index contributed by atoms with van der Waals surface area (Å²) in [6, 6.07) is 0. The molecule has 3 nitrogen and oxygen atoms in total. The fourth-order valence-electron chi connectivity index (χ4n) is 1.08. The lowest BCUT2D eigenvalue weighted by molar-refractivity contribution is -0.140. The molecule has 0 unspecified atom stereocenters. The fraction of sp³-hybridized carbons (Fsp3) is 0.750. The highest BCUT2D eigenvalue weighted by Gasteiger charge is 2.36. The third kappa shape index (κ3) is 1.72. The minimum absolute atomic E-state index is 0.0555. The van der Waals surface area contributed by atoms with E-state index in [1.807, 2.05) is 0 Å². The highest BCUT2D eigenvalue weighted by atomic mass is 16.5. The van der Waals surface area contributed by atoms with Gasteiger partial charge in [-0.25, -0.2) is 0 Å². The minimum Gasteiger partial charge on any atom is -0.390 e. The Morgan fingerprint density at radius 3 is 3.00 bits per heavy atom. The molecule has 62 valence electrons. The number of hydrogen-bond acceptors (Lipinski definition) is 3. The zero-order chi connectivity index (χ0) is 8.27. The van der Waals surface area contributed by atoms with Crippen LogP contribution in [0.3, 0.4) is 0 Å². The summed E-state index contributed by atoms with van der Waals surface area (Å²) in [6.07, 6.45) is 4.42. The van der Waals surface area contributed by atoms with Crippen LogP contribution in [-0.4, -0.2) is 37.6 Å². The smallest absolute Gasteiger partial charge is 0.125 e. The monoisotopic (exact) mass is 156 g/mol. The van der Waals surface area contributed by atoms with E-state index in [0.29, 0.717) is 13.2 Å². The number of methoxy groups -OCH3 is 1. The van der Waals surface area contributed by atoms with E-state index in [1.165, 1.54) is 0 Å². The van der Waals surface area contributed by atoms with Crippen LogP contribution in [0.1, 0.15) is 0 Å². The molecule has 1 heterocycles. The standard InChI is InChI=1S/C8H12O3/c1-3-8-6(4-11-8)7(9)5-10-2/h1,6-9H,4-5H2,2H3/t6-,7-,8-/m1/s1. The van der Waals surface area contributed by atoms with E-state index in [0.717, 1.165) is 0 Å². The summed E-state index contributed by atoms with van der Waals surface area (Å²) in [5, 5.41) is 9.37. The molecule has 0 aromatic carbocycles. The van der Waals surface area contributed by atoms with Crippen LogP contribution >= 0.6 is 0 Å². The number of ether oxygens (including phenoxy) is 2. The maximum absolute atomic E-state index is 9.37. The Morgan fingerprint density at radius 2 is 2.64 bits per heavy atom. The number of rotatable bonds is 3. The van der Waals surface area contributed by atoms with Crippen LogP contribution in [0.4, 0.5) is 0 Å². The molecule has 11 heavy (non-hydrogen) atoms. The molecular formula is C8H12O3. The van der Waals surface area contributed by atoms with Crippen LogP contribution in [0.5, 0.6) is 0 Å². The van der Waals surface area contributed by atoms with Gasteiger partial charge in [0.25, 0.3) is 0 Å². The maximum atomic E-state index is 9.37. The first kappa shape index (κ1) is 8.54. The van der Waals surface area contributed by atoms with E-state index >= 15 is 0 Å². The van der Waals surface area contributed by atoms with E-state index in [-0.39, 0.29) is 12.0 Å². The SMILES string of the molecule is C#C[C@H]1OC[C@@H]1[C@H](O)COC. The number of aliphatic hydroxyl groups is 1. The Bertz CT molecular complexity index is 161. The number of hydrogen-bond donors (Lipinski definition) is 1. The molecule has 1 N–H and O–H groups in total. The molecule has 0 aromatic rings. The van der Waals surface area contributed by atoms with Crippen LogP contribution in [0.15, 0.2) is 0 Å². The normalized spacial score (nSPS) is 32.1. The van der Waals surface area contributed by atoms with Gasteiger partial charge in [-0.15, -0.1) is 6.42 Å². The molecule has 0 bridgehead atoms. The quantitative estimate of drug-likeness (QED) is 0.567. The third-order valence-corrected chi connectivity index (χ3v) is 1.85. The summed E-state index contributed by atoms with van der Waals surface area (Å²) < 4.78 is 9.79. The van der Waals surface area contributed by atoms with Crippen molar-refractivity contribution in [3.05, 3.63) is 0 Å². The summed E-state index contributed by atoms with van der Waals surface area (Å²) >= 11 is 0. The fourth-order valence-corrected chi connectivity index (χ4v) is 1.08. The molecule has 0 aromatic heterocycles. The van der Waals surface area contributed by atoms with Gasteiger partial charge in [0.1, 0.15) is 6.10 Å². The van der Waals surface area contributed by atoms with Gasteiger partial charge in [-0.05, 0) is 0 Å². The average molecular weight is 156 g/mol. The molecule has 3 atom stereocenters. The molecule has 0 saturated carbocycles. The summed E-state index contributed by atoms with van der Waals surface area (Å²) in [6.45, 7) is 0.867. The topological polar surface area (TPSA) is 38.7 Å². The Balaban J connectivity index is 2.31. The van der Waals surface area contributed by atoms with E-state index < -0.39 is 6.10 Å². The molecule has 0 radical (unpaired) electrons. The average Bonchev–Trinajstić information content (AvgIpc) is 1.86. The van der Waals surface area contributed by atoms with Gasteiger partial charge in [-0.3, -0.25) is 0 Å². The predicted octanol–water partition coefficient (Wildman–Crippen LogP) is -0.358. The predicted molar refractivity (Wildman–Crippen MR) is 39.9 cm³/mol. The van der Waals surface area contributed by atoms with Crippen molar-refractivity contribution in [1.82, 2.24) is 0 Å². The maximum Gasteiger partial charge on any atom is 0.125 e. The lowest BCUT2D eigenvalue weighted by Crippen LogP contribution is -2.47. The van der Waals surface area contributed by atoms with Gasteiger partial charge >= 0.3 is 0 Å². The van der Waals surface area contributed by atoms with Gasteiger partial charge < -0.3 is 14.6 Å². The van der Waals surface area contributed by atoms with Crippen molar-refractivity contribution in [3.8, 4) is 12.3 Å². The van der Waals surface area contributed by atoms with Crippen molar-refractivity contribution in [2.45, 2.75) is 12.2 Å². The van der Waals surface area contributed by atoms with E-state index in [1.54, 1.807) is 7.11 Å². The highest BCUT2D eigenvalue weighted by Crippen LogP contribution is 2.23. The molecule has 0 aliphatic carbocycles. The largest absolute Gasteiger partial charge is 0.390 e. The van der Waals surface area contributed by atoms with Crippen LogP contribution in [0, 0.1) is 18.3 Å². The lowest BCUT2D eigenvalue weighted by atomic mass is 9.93. The van der Waals surface area contributed by atoms with Gasteiger partial charge in [0.15, 0.2) is 0 Å². The van der Waals surface area contributed by atoms with Crippen molar-refractivity contribution in [3.63, 3.8) is 0 Å². The van der Waals surface area contributed by atoms with Gasteiger partial charge in [-0.1, -0.05) is 5.92 Å². The Labute approximate surface area is 66.3 Å². The second kappa shape index (κ2) is 3.72. The highest BCUT2D eigenvalue weighted by molar-refractivity contribution is 5.04. The summed E-state index contributed by atoms with van der Waals surface area (Å²) in [5.74, 6) is 2.51. The van der Waals surface area contributed by atoms with E-state index in [2.05, 4.69) is 5.92 Å². The van der Waals surface area contributed by atoms with E-state index in [9.17, 15) is 5.11 Å². The zero-order valence-electron chi connectivity index (χ0n) is 6.49. The van der Waals surface area contributed by atoms with Gasteiger partial charge in [0, 0.05) is 13.0 Å². The first-order valence-corrected chi connectivity index (χ1v) is 3.54. The molecule has 1 aliphatic rings. The van der Waals surface area contributed by atoms with Crippen molar-refractivity contribution in [2.75, 3.05) is 20.3 Å². The van der Waals surface area contributed by atoms with Crippen LogP contribution in [0.2, 0.25) is 0 Å². The van der Waals surface area contributed by atoms with Crippen molar-refractivity contribution >= 4 is 0 Å². The van der Waals surface area contributed by atoms with Crippen LogP contribution in [-0.2, 0) is 9.47 Å². The minimum atomic E-state index is -0.491. The Morgan fingerprint density at radius 1 is 1.91 bits per heavy atom. The Hall–Kier alpha value is -0.560. The van der Waals surface area contributed by atoms with Crippen LogP contribution < -0.4 is 0 Å². The number of terminal acetylenes is 1. The summed E-state index contributed by atoms with van der Waals surface area (Å²) in [7, 11) is 1.55. The van der Waals surface area contributed by atoms with Gasteiger partial charge in [-0.2, -0.15) is 0 Å². The Kier molecular flexibility index (Phi) is 2.89. The van der Waals surface area contributed by atoms with Crippen molar-refractivity contribution < 1.29 is 14.6 Å². The first-order valence-electron chi connectivity index (χ1n) is 3.54. The van der Waals surface area contributed by atoms with E-state index in [4.69, 9.17) is 15.9 Å². The number of aliphatic hydroxyl groups excluding tert-OH is 1. The molecule has 0 amide bonds. The lowest BCUT2D eigenvalue weighted by Gasteiger charge is -2.36. The molecular weight excluding hydrogens is 144 g/mol. The second-order valence-electron chi connectivity index (χ2n) is 2.61. The molecule has 1 rings (SSSR count). The summed E-state index contributed by atoms with van der Waals surface area (Å²) in [4.78, 5) is 0. The zero-order valence-corrected chi connectivity index (χ0v) is 6.49. The molecule has 1 aliphatic heterocycles.